The highest BCUT2D eigenvalue weighted by Gasteiger charge is 2.19. The molecule has 3 N–H and O–H groups in total. The minimum atomic E-state index is -0.521. The number of rotatable bonds is 7. The molecule has 0 amide bonds. The fourth-order valence-electron chi connectivity index (χ4n) is 2.82. The maximum absolute atomic E-state index is 12.3. The summed E-state index contributed by atoms with van der Waals surface area (Å²) in [6, 6.07) is 15.6. The van der Waals surface area contributed by atoms with Gasteiger partial charge in [0.25, 0.3) is 0 Å². The molecule has 0 radical (unpaired) electrons. The molecule has 0 aliphatic carbocycles. The summed E-state index contributed by atoms with van der Waals surface area (Å²) < 4.78 is 0. The van der Waals surface area contributed by atoms with E-state index in [1.54, 1.807) is 0 Å². The van der Waals surface area contributed by atoms with Crippen LogP contribution in [0.25, 0.3) is 0 Å². The van der Waals surface area contributed by atoms with E-state index in [1.807, 2.05) is 74.6 Å². The Hall–Kier alpha value is -1.68. The van der Waals surface area contributed by atoms with Crippen molar-refractivity contribution in [2.24, 2.45) is 0 Å². The second-order valence-electron chi connectivity index (χ2n) is 6.23. The second kappa shape index (κ2) is 9.58. The Balaban J connectivity index is 0.00000288. The first-order valence-corrected chi connectivity index (χ1v) is 8.16. The Morgan fingerprint density at radius 2 is 1.79 bits per heavy atom. The summed E-state index contributed by atoms with van der Waals surface area (Å²) in [6.45, 7) is 6.67. The molecule has 130 valence electrons. The number of carbonyl (C=O) groups is 1. The molecule has 24 heavy (non-hydrogen) atoms. The van der Waals surface area contributed by atoms with Gasteiger partial charge in [0.05, 0.1) is 13.0 Å². The zero-order valence-electron chi connectivity index (χ0n) is 14.5. The zero-order chi connectivity index (χ0) is 16.8. The van der Waals surface area contributed by atoms with Crippen molar-refractivity contribution in [3.63, 3.8) is 0 Å². The van der Waals surface area contributed by atoms with E-state index in [2.05, 4.69) is 0 Å². The maximum Gasteiger partial charge on any atom is 0.168 e. The first kappa shape index (κ1) is 20.4. The first-order valence-electron chi connectivity index (χ1n) is 8.16. The molecule has 3 nitrogen and oxygen atoms in total. The molecular weight excluding hydrogens is 322 g/mol. The number of Topliss-reactive ketones (excluding diaryl/α,β-unsaturated/α-hetero) is 1. The molecule has 0 fully saturated rings. The fourth-order valence-corrected chi connectivity index (χ4v) is 2.82. The fraction of sp³-hybridized carbons (Fsp3) is 0.350. The maximum atomic E-state index is 12.3. The van der Waals surface area contributed by atoms with E-state index < -0.39 is 6.10 Å². The quantitative estimate of drug-likeness (QED) is 0.668. The molecule has 2 unspecified atom stereocenters. The Labute approximate surface area is 150 Å². The van der Waals surface area contributed by atoms with Crippen molar-refractivity contribution >= 4 is 5.78 Å². The Morgan fingerprint density at radius 1 is 1.12 bits per heavy atom. The van der Waals surface area contributed by atoms with Crippen molar-refractivity contribution in [1.29, 1.82) is 0 Å². The van der Waals surface area contributed by atoms with E-state index in [4.69, 9.17) is 0 Å². The van der Waals surface area contributed by atoms with E-state index >= 15 is 0 Å². The van der Waals surface area contributed by atoms with Gasteiger partial charge >= 0.3 is 0 Å². The lowest BCUT2D eigenvalue weighted by Gasteiger charge is -2.17. The molecule has 0 spiro atoms. The lowest BCUT2D eigenvalue weighted by molar-refractivity contribution is -0.693. The standard InChI is InChI=1S/C20H25NO2.ClH/c1-14-9-10-18(15(2)13-14)19(22)11-12-21-16(3)20(23)17-7-5-4-6-8-17;/h4-10,13,16,20-21,23H,11-12H2,1-3H3;1H. The van der Waals surface area contributed by atoms with Crippen LogP contribution in [0, 0.1) is 13.8 Å². The number of ketones is 1. The number of halogens is 1. The van der Waals surface area contributed by atoms with Gasteiger partial charge in [0.2, 0.25) is 0 Å². The molecule has 4 heteroatoms. The van der Waals surface area contributed by atoms with Crippen molar-refractivity contribution < 1.29 is 27.6 Å². The summed E-state index contributed by atoms with van der Waals surface area (Å²) >= 11 is 0. The van der Waals surface area contributed by atoms with Crippen LogP contribution < -0.4 is 17.7 Å². The predicted octanol–water partition coefficient (Wildman–Crippen LogP) is -0.434. The summed E-state index contributed by atoms with van der Waals surface area (Å²) in [5.41, 5.74) is 3.93. The Kier molecular flexibility index (Phi) is 8.13. The number of hydrogen-bond donors (Lipinski definition) is 2. The molecule has 0 bridgehead atoms. The van der Waals surface area contributed by atoms with Gasteiger partial charge in [0.15, 0.2) is 5.78 Å². The predicted molar refractivity (Wildman–Crippen MR) is 92.5 cm³/mol. The lowest BCUT2D eigenvalue weighted by Crippen LogP contribution is -3.00. The van der Waals surface area contributed by atoms with Crippen LogP contribution >= 0.6 is 0 Å². The summed E-state index contributed by atoms with van der Waals surface area (Å²) in [5.74, 6) is 0.167. The molecule has 0 heterocycles. The molecule has 2 aromatic rings. The molecule has 2 rings (SSSR count). The van der Waals surface area contributed by atoms with Gasteiger partial charge in [0.1, 0.15) is 12.1 Å². The average Bonchev–Trinajstić information content (AvgIpc) is 2.54. The van der Waals surface area contributed by atoms with Crippen LogP contribution in [0.2, 0.25) is 0 Å². The third-order valence-electron chi connectivity index (χ3n) is 4.23. The molecule has 0 aromatic heterocycles. The molecule has 0 aliphatic heterocycles. The van der Waals surface area contributed by atoms with E-state index in [0.717, 1.165) is 16.7 Å². The van der Waals surface area contributed by atoms with Gasteiger partial charge in [-0.1, -0.05) is 54.1 Å². The van der Waals surface area contributed by atoms with Gasteiger partial charge in [-0.2, -0.15) is 0 Å². The summed E-state index contributed by atoms with van der Waals surface area (Å²) in [4.78, 5) is 12.3. The number of hydrogen-bond acceptors (Lipinski definition) is 2. The number of quaternary nitrogens is 1. The van der Waals surface area contributed by atoms with E-state index in [1.165, 1.54) is 5.56 Å². The number of benzene rings is 2. The van der Waals surface area contributed by atoms with Gasteiger partial charge < -0.3 is 22.8 Å². The highest BCUT2D eigenvalue weighted by atomic mass is 35.5. The van der Waals surface area contributed by atoms with Crippen LogP contribution in [0.1, 0.15) is 46.5 Å². The number of aliphatic hydroxyl groups excluding tert-OH is 1. The van der Waals surface area contributed by atoms with Crippen LogP contribution in [0.4, 0.5) is 0 Å². The highest BCUT2D eigenvalue weighted by molar-refractivity contribution is 5.97. The van der Waals surface area contributed by atoms with Crippen LogP contribution in [0.5, 0.6) is 0 Å². The van der Waals surface area contributed by atoms with Crippen molar-refractivity contribution in [2.45, 2.75) is 39.3 Å². The molecule has 0 aliphatic rings. The van der Waals surface area contributed by atoms with Gasteiger partial charge in [-0.15, -0.1) is 0 Å². The van der Waals surface area contributed by atoms with Crippen molar-refractivity contribution in [1.82, 2.24) is 0 Å². The number of aryl methyl sites for hydroxylation is 2. The molecule has 0 saturated heterocycles. The van der Waals surface area contributed by atoms with E-state index in [-0.39, 0.29) is 24.2 Å². The van der Waals surface area contributed by atoms with Crippen molar-refractivity contribution in [3.05, 3.63) is 70.8 Å². The van der Waals surface area contributed by atoms with Crippen LogP contribution in [0.3, 0.4) is 0 Å². The second-order valence-corrected chi connectivity index (χ2v) is 6.23. The molecule has 0 saturated carbocycles. The number of carbonyl (C=O) groups excluding carboxylic acids is 1. The van der Waals surface area contributed by atoms with Crippen molar-refractivity contribution in [2.75, 3.05) is 6.54 Å². The van der Waals surface area contributed by atoms with Gasteiger partial charge in [-0.05, 0) is 31.9 Å². The third-order valence-corrected chi connectivity index (χ3v) is 4.23. The van der Waals surface area contributed by atoms with Crippen LogP contribution in [-0.4, -0.2) is 23.5 Å². The van der Waals surface area contributed by atoms with Gasteiger partial charge in [0, 0.05) is 5.56 Å². The number of aliphatic hydroxyl groups is 1. The Morgan fingerprint density at radius 3 is 2.42 bits per heavy atom. The summed E-state index contributed by atoms with van der Waals surface area (Å²) in [5, 5.41) is 12.4. The highest BCUT2D eigenvalue weighted by Crippen LogP contribution is 2.14. The third kappa shape index (κ3) is 5.45. The SMILES string of the molecule is Cc1ccc(C(=O)CC[NH2+]C(C)C(O)c2ccccc2)c(C)c1.[Cl-]. The molecule has 2 aromatic carbocycles. The first-order chi connectivity index (χ1) is 11.0. The molecule has 2 atom stereocenters. The largest absolute Gasteiger partial charge is 1.00 e. The summed E-state index contributed by atoms with van der Waals surface area (Å²) in [7, 11) is 0. The van der Waals surface area contributed by atoms with Crippen LogP contribution in [0.15, 0.2) is 48.5 Å². The van der Waals surface area contributed by atoms with Gasteiger partial charge in [-0.3, -0.25) is 4.79 Å². The monoisotopic (exact) mass is 347 g/mol. The van der Waals surface area contributed by atoms with Crippen LogP contribution in [-0.2, 0) is 0 Å². The lowest BCUT2D eigenvalue weighted by atomic mass is 10.00. The minimum Gasteiger partial charge on any atom is -1.00 e. The van der Waals surface area contributed by atoms with Gasteiger partial charge in [-0.25, -0.2) is 0 Å². The topological polar surface area (TPSA) is 53.9 Å². The normalized spacial score (nSPS) is 13.0. The smallest absolute Gasteiger partial charge is 0.168 e. The summed E-state index contributed by atoms with van der Waals surface area (Å²) in [6.07, 6.45) is -0.0390. The average molecular weight is 348 g/mol. The van der Waals surface area contributed by atoms with E-state index in [9.17, 15) is 9.90 Å². The molecular formula is C20H26ClNO2. The minimum absolute atomic E-state index is 0. The zero-order valence-corrected chi connectivity index (χ0v) is 15.3. The number of nitrogens with two attached hydrogens (primary N) is 1. The van der Waals surface area contributed by atoms with Crippen molar-refractivity contribution in [3.8, 4) is 0 Å². The Bertz CT molecular complexity index is 658. The van der Waals surface area contributed by atoms with E-state index in [0.29, 0.717) is 13.0 Å².